The molecule has 0 radical (unpaired) electrons. The van der Waals surface area contributed by atoms with E-state index < -0.39 is 0 Å². The van der Waals surface area contributed by atoms with E-state index in [4.69, 9.17) is 14.7 Å². The molecule has 2 heterocycles. The van der Waals surface area contributed by atoms with E-state index >= 15 is 0 Å². The minimum atomic E-state index is 0.705. The molecule has 0 bridgehead atoms. The predicted octanol–water partition coefficient (Wildman–Crippen LogP) is 4.49. The monoisotopic (exact) mass is 360 g/mol. The molecule has 5 nitrogen and oxygen atoms in total. The lowest BCUT2D eigenvalue weighted by molar-refractivity contribution is 0.414. The Morgan fingerprint density at radius 1 is 1.07 bits per heavy atom. The van der Waals surface area contributed by atoms with Crippen LogP contribution in [0.4, 0.5) is 17.5 Å². The van der Waals surface area contributed by atoms with Gasteiger partial charge >= 0.3 is 0 Å². The number of ether oxygens (including phenoxy) is 1. The number of anilines is 3. The Hall–Kier alpha value is -3.08. The van der Waals surface area contributed by atoms with E-state index in [1.54, 1.807) is 7.11 Å². The highest BCUT2D eigenvalue weighted by Crippen LogP contribution is 2.32. The quantitative estimate of drug-likeness (QED) is 0.726. The van der Waals surface area contributed by atoms with Crippen LogP contribution in [0.3, 0.4) is 0 Å². The van der Waals surface area contributed by atoms with Crippen LogP contribution in [0.1, 0.15) is 23.2 Å². The summed E-state index contributed by atoms with van der Waals surface area (Å²) in [6.45, 7) is 3.66. The van der Waals surface area contributed by atoms with E-state index in [1.807, 2.05) is 25.1 Å². The summed E-state index contributed by atoms with van der Waals surface area (Å²) in [5.74, 6) is 2.47. The highest BCUT2D eigenvalue weighted by atomic mass is 16.5. The Morgan fingerprint density at radius 3 is 2.70 bits per heavy atom. The summed E-state index contributed by atoms with van der Waals surface area (Å²) in [4.78, 5) is 11.7. The van der Waals surface area contributed by atoms with Gasteiger partial charge in [-0.2, -0.15) is 4.98 Å². The van der Waals surface area contributed by atoms with Gasteiger partial charge in [-0.05, 0) is 49.1 Å². The Kier molecular flexibility index (Phi) is 4.92. The molecule has 2 aromatic carbocycles. The van der Waals surface area contributed by atoms with Gasteiger partial charge in [0.25, 0.3) is 0 Å². The number of aromatic nitrogens is 2. The number of aryl methyl sites for hydroxylation is 2. The molecule has 0 fully saturated rings. The summed E-state index contributed by atoms with van der Waals surface area (Å²) < 4.78 is 5.21. The zero-order valence-corrected chi connectivity index (χ0v) is 15.8. The molecule has 3 aromatic rings. The zero-order valence-electron chi connectivity index (χ0n) is 15.8. The van der Waals surface area contributed by atoms with Crippen molar-refractivity contribution in [3.63, 3.8) is 0 Å². The standard InChI is InChI=1S/C22H24N4O/c1-16-14-21(23-15-17-9-11-19(27-2)12-10-17)25-22(24-16)26-13-5-7-18-6-3-4-8-20(18)26/h3-4,6,8-12,14H,5,7,13,15H2,1-2H3,(H,23,24,25). The molecule has 0 spiro atoms. The van der Waals surface area contributed by atoms with Crippen LogP contribution in [0, 0.1) is 6.92 Å². The molecule has 1 N–H and O–H groups in total. The summed E-state index contributed by atoms with van der Waals surface area (Å²) in [7, 11) is 1.68. The van der Waals surface area contributed by atoms with E-state index in [2.05, 4.69) is 46.6 Å². The molecule has 5 heteroatoms. The summed E-state index contributed by atoms with van der Waals surface area (Å²) in [5.41, 5.74) is 4.72. The SMILES string of the molecule is COc1ccc(CNc2cc(C)nc(N3CCCc4ccccc43)n2)cc1. The molecule has 0 saturated carbocycles. The Morgan fingerprint density at radius 2 is 1.89 bits per heavy atom. The van der Waals surface area contributed by atoms with Gasteiger partial charge in [-0.1, -0.05) is 30.3 Å². The third kappa shape index (κ3) is 3.87. The van der Waals surface area contributed by atoms with E-state index in [9.17, 15) is 0 Å². The maximum Gasteiger partial charge on any atom is 0.232 e. The Balaban J connectivity index is 1.55. The van der Waals surface area contributed by atoms with Gasteiger partial charge in [-0.15, -0.1) is 0 Å². The molecule has 0 aliphatic carbocycles. The number of hydrogen-bond acceptors (Lipinski definition) is 5. The number of hydrogen-bond donors (Lipinski definition) is 1. The van der Waals surface area contributed by atoms with Crippen molar-refractivity contribution in [2.45, 2.75) is 26.3 Å². The second-order valence-electron chi connectivity index (χ2n) is 6.78. The second-order valence-corrected chi connectivity index (χ2v) is 6.78. The third-order valence-corrected chi connectivity index (χ3v) is 4.83. The van der Waals surface area contributed by atoms with Gasteiger partial charge in [0.15, 0.2) is 0 Å². The summed E-state index contributed by atoms with van der Waals surface area (Å²) >= 11 is 0. The smallest absolute Gasteiger partial charge is 0.232 e. The molecule has 138 valence electrons. The molecular weight excluding hydrogens is 336 g/mol. The molecule has 1 aliphatic heterocycles. The molecule has 0 atom stereocenters. The van der Waals surface area contributed by atoms with E-state index in [0.29, 0.717) is 6.54 Å². The first-order valence-corrected chi connectivity index (χ1v) is 9.31. The van der Waals surface area contributed by atoms with Gasteiger partial charge < -0.3 is 15.0 Å². The Labute approximate surface area is 160 Å². The number of nitrogens with one attached hydrogen (secondary N) is 1. The van der Waals surface area contributed by atoms with Crippen LogP contribution in [0.25, 0.3) is 0 Å². The summed E-state index contributed by atoms with van der Waals surface area (Å²) in [5, 5.41) is 3.42. The van der Waals surface area contributed by atoms with Gasteiger partial charge in [-0.3, -0.25) is 0 Å². The van der Waals surface area contributed by atoms with Crippen molar-refractivity contribution in [3.05, 3.63) is 71.4 Å². The fourth-order valence-corrected chi connectivity index (χ4v) is 3.44. The van der Waals surface area contributed by atoms with Gasteiger partial charge in [-0.25, -0.2) is 4.98 Å². The highest BCUT2D eigenvalue weighted by Gasteiger charge is 2.20. The minimum absolute atomic E-state index is 0.705. The molecule has 1 aliphatic rings. The first kappa shape index (κ1) is 17.3. The van der Waals surface area contributed by atoms with Crippen LogP contribution in [0.5, 0.6) is 5.75 Å². The van der Waals surface area contributed by atoms with Crippen molar-refractivity contribution in [1.29, 1.82) is 0 Å². The van der Waals surface area contributed by atoms with E-state index in [0.717, 1.165) is 42.6 Å². The van der Waals surface area contributed by atoms with Crippen molar-refractivity contribution in [2.75, 3.05) is 23.9 Å². The van der Waals surface area contributed by atoms with Gasteiger partial charge in [0.1, 0.15) is 11.6 Å². The lowest BCUT2D eigenvalue weighted by Gasteiger charge is -2.29. The first-order chi connectivity index (χ1) is 13.2. The maximum atomic E-state index is 5.21. The van der Waals surface area contributed by atoms with E-state index in [-0.39, 0.29) is 0 Å². The van der Waals surface area contributed by atoms with Crippen molar-refractivity contribution in [2.24, 2.45) is 0 Å². The van der Waals surface area contributed by atoms with Crippen molar-refractivity contribution in [1.82, 2.24) is 9.97 Å². The number of rotatable bonds is 5. The normalized spacial score (nSPS) is 13.2. The fraction of sp³-hybridized carbons (Fsp3) is 0.273. The fourth-order valence-electron chi connectivity index (χ4n) is 3.44. The van der Waals surface area contributed by atoms with Crippen LogP contribution in [-0.2, 0) is 13.0 Å². The second kappa shape index (κ2) is 7.66. The Bertz CT molecular complexity index is 924. The molecule has 0 unspecified atom stereocenters. The van der Waals surface area contributed by atoms with Crippen LogP contribution in [0.15, 0.2) is 54.6 Å². The third-order valence-electron chi connectivity index (χ3n) is 4.83. The average Bonchev–Trinajstić information content (AvgIpc) is 2.72. The van der Waals surface area contributed by atoms with Crippen molar-refractivity contribution >= 4 is 17.5 Å². The zero-order chi connectivity index (χ0) is 18.6. The number of para-hydroxylation sites is 1. The summed E-state index contributed by atoms with van der Waals surface area (Å²) in [6, 6.07) is 18.6. The lowest BCUT2D eigenvalue weighted by atomic mass is 10.0. The first-order valence-electron chi connectivity index (χ1n) is 9.31. The molecule has 0 amide bonds. The molecular formula is C22H24N4O. The highest BCUT2D eigenvalue weighted by molar-refractivity contribution is 5.64. The van der Waals surface area contributed by atoms with Crippen LogP contribution in [-0.4, -0.2) is 23.6 Å². The number of benzene rings is 2. The minimum Gasteiger partial charge on any atom is -0.497 e. The van der Waals surface area contributed by atoms with Crippen molar-refractivity contribution < 1.29 is 4.74 Å². The van der Waals surface area contributed by atoms with Gasteiger partial charge in [0.05, 0.1) is 7.11 Å². The number of methoxy groups -OCH3 is 1. The maximum absolute atomic E-state index is 5.21. The molecule has 0 saturated heterocycles. The average molecular weight is 360 g/mol. The topological polar surface area (TPSA) is 50.3 Å². The molecule has 1 aromatic heterocycles. The van der Waals surface area contributed by atoms with Crippen LogP contribution < -0.4 is 15.0 Å². The van der Waals surface area contributed by atoms with Crippen molar-refractivity contribution in [3.8, 4) is 5.75 Å². The van der Waals surface area contributed by atoms with Crippen LogP contribution >= 0.6 is 0 Å². The predicted molar refractivity (Wildman–Crippen MR) is 109 cm³/mol. The van der Waals surface area contributed by atoms with Gasteiger partial charge in [0, 0.05) is 30.5 Å². The van der Waals surface area contributed by atoms with Crippen LogP contribution in [0.2, 0.25) is 0 Å². The summed E-state index contributed by atoms with van der Waals surface area (Å²) in [6.07, 6.45) is 2.23. The van der Waals surface area contributed by atoms with E-state index in [1.165, 1.54) is 16.8 Å². The largest absolute Gasteiger partial charge is 0.497 e. The molecule has 4 rings (SSSR count). The molecule has 27 heavy (non-hydrogen) atoms. The number of fused-ring (bicyclic) bond motifs is 1. The number of nitrogens with zero attached hydrogens (tertiary/aromatic N) is 3. The lowest BCUT2D eigenvalue weighted by Crippen LogP contribution is -2.26. The van der Waals surface area contributed by atoms with Gasteiger partial charge in [0.2, 0.25) is 5.95 Å².